The predicted molar refractivity (Wildman–Crippen MR) is 74.4 cm³/mol. The summed E-state index contributed by atoms with van der Waals surface area (Å²) in [6.45, 7) is 0. The number of carbonyl (C=O) groups is 2. The third-order valence-electron chi connectivity index (χ3n) is 2.69. The zero-order valence-electron chi connectivity index (χ0n) is 10.4. The van der Waals surface area contributed by atoms with Crippen LogP contribution >= 0.6 is 11.6 Å². The Morgan fingerprint density at radius 3 is 2.52 bits per heavy atom. The Bertz CT molecular complexity index is 733. The zero-order valence-corrected chi connectivity index (χ0v) is 11.2. The number of hydrogen-bond acceptors (Lipinski definition) is 3. The maximum Gasteiger partial charge on any atom is 0.337 e. The van der Waals surface area contributed by atoms with Gasteiger partial charge in [0.15, 0.2) is 0 Å². The van der Waals surface area contributed by atoms with E-state index in [4.69, 9.17) is 16.7 Å². The van der Waals surface area contributed by atoms with Gasteiger partial charge >= 0.3 is 5.97 Å². The first-order valence-corrected chi connectivity index (χ1v) is 6.09. The number of hydrogen-bond donors (Lipinski definition) is 3. The molecule has 0 aliphatic rings. The minimum absolute atomic E-state index is 0.0466. The summed E-state index contributed by atoms with van der Waals surface area (Å²) in [4.78, 5) is 23.0. The summed E-state index contributed by atoms with van der Waals surface area (Å²) in [6.07, 6.45) is 0. The second-order valence-electron chi connectivity index (χ2n) is 4.09. The van der Waals surface area contributed by atoms with Crippen molar-refractivity contribution >= 4 is 29.2 Å². The summed E-state index contributed by atoms with van der Waals surface area (Å²) in [5.41, 5.74) is -0.746. The van der Waals surface area contributed by atoms with E-state index in [0.717, 1.165) is 6.07 Å². The first-order chi connectivity index (χ1) is 9.90. The molecule has 0 aliphatic heterocycles. The topological polar surface area (TPSA) is 86.6 Å². The van der Waals surface area contributed by atoms with Gasteiger partial charge in [0.2, 0.25) is 0 Å². The third kappa shape index (κ3) is 3.11. The van der Waals surface area contributed by atoms with Gasteiger partial charge in [0.25, 0.3) is 5.91 Å². The van der Waals surface area contributed by atoms with Crippen LogP contribution < -0.4 is 5.32 Å². The average molecular weight is 310 g/mol. The van der Waals surface area contributed by atoms with E-state index < -0.39 is 23.4 Å². The van der Waals surface area contributed by atoms with Crippen molar-refractivity contribution in [1.29, 1.82) is 0 Å². The Labute approximate surface area is 123 Å². The number of rotatable bonds is 3. The highest BCUT2D eigenvalue weighted by molar-refractivity contribution is 6.32. The van der Waals surface area contributed by atoms with E-state index in [2.05, 4.69) is 5.32 Å². The van der Waals surface area contributed by atoms with Crippen LogP contribution in [0.25, 0.3) is 0 Å². The van der Waals surface area contributed by atoms with Crippen molar-refractivity contribution in [3.05, 3.63) is 58.4 Å². The molecule has 0 unspecified atom stereocenters. The maximum absolute atomic E-state index is 13.7. The molecule has 0 saturated carbocycles. The Hall–Kier alpha value is -2.60. The molecule has 5 nitrogen and oxygen atoms in total. The van der Waals surface area contributed by atoms with Crippen molar-refractivity contribution in [2.45, 2.75) is 0 Å². The zero-order chi connectivity index (χ0) is 15.6. The van der Waals surface area contributed by atoms with E-state index in [9.17, 15) is 19.1 Å². The van der Waals surface area contributed by atoms with Gasteiger partial charge in [-0.1, -0.05) is 17.7 Å². The van der Waals surface area contributed by atoms with Gasteiger partial charge in [-0.3, -0.25) is 4.79 Å². The highest BCUT2D eigenvalue weighted by atomic mass is 35.5. The lowest BCUT2D eigenvalue weighted by atomic mass is 10.1. The fraction of sp³-hybridized carbons (Fsp3) is 0. The van der Waals surface area contributed by atoms with E-state index in [1.807, 2.05) is 0 Å². The molecule has 0 bridgehead atoms. The maximum atomic E-state index is 13.7. The lowest BCUT2D eigenvalue weighted by molar-refractivity contribution is 0.0697. The van der Waals surface area contributed by atoms with Crippen molar-refractivity contribution in [3.8, 4) is 5.75 Å². The van der Waals surface area contributed by atoms with Crippen molar-refractivity contribution in [2.24, 2.45) is 0 Å². The van der Waals surface area contributed by atoms with Gasteiger partial charge < -0.3 is 15.5 Å². The Morgan fingerprint density at radius 1 is 1.19 bits per heavy atom. The first kappa shape index (κ1) is 14.8. The van der Waals surface area contributed by atoms with Crippen molar-refractivity contribution in [1.82, 2.24) is 0 Å². The fourth-order valence-corrected chi connectivity index (χ4v) is 1.84. The Balaban J connectivity index is 2.36. The quantitative estimate of drug-likeness (QED) is 0.813. The van der Waals surface area contributed by atoms with Gasteiger partial charge in [-0.05, 0) is 30.3 Å². The second kappa shape index (κ2) is 5.80. The number of carboxylic acid groups (broad SMARTS) is 1. The molecule has 0 spiro atoms. The molecule has 108 valence electrons. The molecule has 2 rings (SSSR count). The monoisotopic (exact) mass is 309 g/mol. The minimum atomic E-state index is -1.37. The van der Waals surface area contributed by atoms with Gasteiger partial charge in [0.1, 0.15) is 11.6 Å². The number of amides is 1. The van der Waals surface area contributed by atoms with Gasteiger partial charge in [-0.25, -0.2) is 9.18 Å². The molecule has 0 fully saturated rings. The molecule has 0 aliphatic carbocycles. The summed E-state index contributed by atoms with van der Waals surface area (Å²) in [5, 5.41) is 20.4. The van der Waals surface area contributed by atoms with Crippen LogP contribution in [0.4, 0.5) is 10.1 Å². The van der Waals surface area contributed by atoms with Gasteiger partial charge in [-0.15, -0.1) is 0 Å². The van der Waals surface area contributed by atoms with Crippen LogP contribution in [0.2, 0.25) is 5.02 Å². The van der Waals surface area contributed by atoms with Gasteiger partial charge in [0.05, 0.1) is 16.3 Å². The Kier molecular flexibility index (Phi) is 4.09. The van der Waals surface area contributed by atoms with Crippen LogP contribution in [0.15, 0.2) is 36.4 Å². The van der Waals surface area contributed by atoms with E-state index in [-0.39, 0.29) is 21.9 Å². The molecule has 1 amide bonds. The Morgan fingerprint density at radius 2 is 1.90 bits per heavy atom. The van der Waals surface area contributed by atoms with Crippen molar-refractivity contribution < 1.29 is 24.2 Å². The molecule has 0 atom stereocenters. The lowest BCUT2D eigenvalue weighted by Crippen LogP contribution is -2.16. The summed E-state index contributed by atoms with van der Waals surface area (Å²) in [6, 6.07) is 7.10. The molecular formula is C14H9ClFNO4. The molecule has 0 aromatic heterocycles. The smallest absolute Gasteiger partial charge is 0.337 e. The van der Waals surface area contributed by atoms with Crippen LogP contribution in [-0.2, 0) is 0 Å². The second-order valence-corrected chi connectivity index (χ2v) is 4.50. The minimum Gasteiger partial charge on any atom is -0.506 e. The largest absolute Gasteiger partial charge is 0.506 e. The standard InChI is InChI=1S/C14H9ClFNO4/c15-9-6-7(4-5-11(9)18)13(19)17-12-8(14(20)21)2-1-3-10(12)16/h1-6,18H,(H,17,19)(H,20,21). The van der Waals surface area contributed by atoms with Crippen molar-refractivity contribution in [3.63, 3.8) is 0 Å². The number of para-hydroxylation sites is 1. The number of phenols is 1. The van der Waals surface area contributed by atoms with Crippen LogP contribution in [0.1, 0.15) is 20.7 Å². The van der Waals surface area contributed by atoms with Gasteiger partial charge in [-0.2, -0.15) is 0 Å². The van der Waals surface area contributed by atoms with E-state index in [1.165, 1.54) is 30.3 Å². The number of nitrogens with one attached hydrogen (secondary N) is 1. The van der Waals surface area contributed by atoms with Crippen LogP contribution in [0.3, 0.4) is 0 Å². The SMILES string of the molecule is O=C(Nc1c(F)cccc1C(=O)O)c1ccc(O)c(Cl)c1. The number of phenolic OH excluding ortho intramolecular Hbond substituents is 1. The van der Waals surface area contributed by atoms with Crippen molar-refractivity contribution in [2.75, 3.05) is 5.32 Å². The van der Waals surface area contributed by atoms with E-state index in [0.29, 0.717) is 0 Å². The molecule has 0 saturated heterocycles. The molecule has 0 heterocycles. The lowest BCUT2D eigenvalue weighted by Gasteiger charge is -2.10. The molecule has 0 radical (unpaired) electrons. The third-order valence-corrected chi connectivity index (χ3v) is 3.00. The van der Waals surface area contributed by atoms with E-state index in [1.54, 1.807) is 0 Å². The molecule has 2 aromatic rings. The number of carbonyl (C=O) groups excluding carboxylic acids is 1. The molecule has 7 heteroatoms. The fourth-order valence-electron chi connectivity index (χ4n) is 1.66. The normalized spacial score (nSPS) is 10.2. The highest BCUT2D eigenvalue weighted by Crippen LogP contribution is 2.25. The molecule has 3 N–H and O–H groups in total. The van der Waals surface area contributed by atoms with Crippen LogP contribution in [-0.4, -0.2) is 22.1 Å². The van der Waals surface area contributed by atoms with E-state index >= 15 is 0 Å². The number of aromatic carboxylic acids is 1. The summed E-state index contributed by atoms with van der Waals surface area (Å²) >= 11 is 5.68. The predicted octanol–water partition coefficient (Wildman–Crippen LogP) is 3.14. The molecule has 21 heavy (non-hydrogen) atoms. The number of anilines is 1. The summed E-state index contributed by atoms with van der Waals surface area (Å²) < 4.78 is 13.7. The average Bonchev–Trinajstić information content (AvgIpc) is 2.43. The number of aromatic hydroxyl groups is 1. The number of carboxylic acids is 1. The number of benzene rings is 2. The summed E-state index contributed by atoms with van der Waals surface area (Å²) in [5.74, 6) is -3.18. The molecular weight excluding hydrogens is 301 g/mol. The molecule has 2 aromatic carbocycles. The highest BCUT2D eigenvalue weighted by Gasteiger charge is 2.17. The number of halogens is 2. The summed E-state index contributed by atoms with van der Waals surface area (Å²) in [7, 11) is 0. The first-order valence-electron chi connectivity index (χ1n) is 5.72. The van der Waals surface area contributed by atoms with Gasteiger partial charge in [0, 0.05) is 5.56 Å². The van der Waals surface area contributed by atoms with Crippen LogP contribution in [0.5, 0.6) is 5.75 Å². The van der Waals surface area contributed by atoms with Crippen LogP contribution in [0, 0.1) is 5.82 Å².